The molecule has 0 aliphatic heterocycles. The standard InChI is InChI=1S/C12H15NO3S/c1-17-8-11(14)13-7-10(12(15)16)9-5-3-2-4-6-9/h2-6,10H,7-8H2,1H3,(H,13,14)(H,15,16). The molecule has 1 amide bonds. The molecule has 0 radical (unpaired) electrons. The zero-order valence-corrected chi connectivity index (χ0v) is 10.4. The minimum Gasteiger partial charge on any atom is -0.481 e. The van der Waals surface area contributed by atoms with E-state index in [0.717, 1.165) is 0 Å². The van der Waals surface area contributed by atoms with Crippen LogP contribution in [0, 0.1) is 0 Å². The molecule has 2 N–H and O–H groups in total. The SMILES string of the molecule is CSCC(=O)NCC(C(=O)O)c1ccccc1. The van der Waals surface area contributed by atoms with E-state index in [1.54, 1.807) is 24.3 Å². The third kappa shape index (κ3) is 4.48. The fourth-order valence-electron chi connectivity index (χ4n) is 1.43. The van der Waals surface area contributed by atoms with Gasteiger partial charge in [-0.05, 0) is 11.8 Å². The van der Waals surface area contributed by atoms with E-state index < -0.39 is 11.9 Å². The molecule has 0 aliphatic rings. The largest absolute Gasteiger partial charge is 0.481 e. The first-order chi connectivity index (χ1) is 8.15. The summed E-state index contributed by atoms with van der Waals surface area (Å²) in [6.07, 6.45) is 1.82. The zero-order chi connectivity index (χ0) is 12.7. The van der Waals surface area contributed by atoms with E-state index in [1.165, 1.54) is 11.8 Å². The van der Waals surface area contributed by atoms with Gasteiger partial charge in [-0.3, -0.25) is 9.59 Å². The van der Waals surface area contributed by atoms with Gasteiger partial charge in [-0.25, -0.2) is 0 Å². The van der Waals surface area contributed by atoms with Crippen LogP contribution in [0.15, 0.2) is 30.3 Å². The normalized spacial score (nSPS) is 11.8. The molecule has 4 nitrogen and oxygen atoms in total. The number of hydrogen-bond donors (Lipinski definition) is 2. The Hall–Kier alpha value is -1.49. The summed E-state index contributed by atoms with van der Waals surface area (Å²) >= 11 is 1.41. The van der Waals surface area contributed by atoms with Gasteiger partial charge < -0.3 is 10.4 Å². The molecule has 5 heteroatoms. The number of rotatable bonds is 6. The Morgan fingerprint density at radius 1 is 1.35 bits per heavy atom. The van der Waals surface area contributed by atoms with E-state index in [2.05, 4.69) is 5.32 Å². The molecule has 1 unspecified atom stereocenters. The van der Waals surface area contributed by atoms with Crippen LogP contribution in [0.4, 0.5) is 0 Å². The van der Waals surface area contributed by atoms with Crippen LogP contribution in [0.2, 0.25) is 0 Å². The molecule has 0 aliphatic carbocycles. The number of carbonyl (C=O) groups excluding carboxylic acids is 1. The van der Waals surface area contributed by atoms with E-state index in [4.69, 9.17) is 5.11 Å². The minimum atomic E-state index is -0.930. The Morgan fingerprint density at radius 3 is 2.53 bits per heavy atom. The number of carbonyl (C=O) groups is 2. The maximum absolute atomic E-state index is 11.3. The second kappa shape index (κ2) is 6.96. The molecule has 1 atom stereocenters. The van der Waals surface area contributed by atoms with Crippen molar-refractivity contribution in [3.8, 4) is 0 Å². The Bertz CT molecular complexity index is 381. The van der Waals surface area contributed by atoms with Crippen molar-refractivity contribution in [1.29, 1.82) is 0 Å². The van der Waals surface area contributed by atoms with Gasteiger partial charge >= 0.3 is 5.97 Å². The number of hydrogen-bond acceptors (Lipinski definition) is 3. The monoisotopic (exact) mass is 253 g/mol. The van der Waals surface area contributed by atoms with Gasteiger partial charge in [-0.15, -0.1) is 0 Å². The molecule has 1 aromatic carbocycles. The summed E-state index contributed by atoms with van der Waals surface area (Å²) < 4.78 is 0. The van der Waals surface area contributed by atoms with Crippen LogP contribution < -0.4 is 5.32 Å². The number of amides is 1. The summed E-state index contributed by atoms with van der Waals surface area (Å²) in [6.45, 7) is 0.124. The quantitative estimate of drug-likeness (QED) is 0.802. The van der Waals surface area contributed by atoms with Gasteiger partial charge in [0.2, 0.25) is 5.91 Å². The van der Waals surface area contributed by atoms with Crippen LogP contribution in [-0.4, -0.2) is 35.5 Å². The summed E-state index contributed by atoms with van der Waals surface area (Å²) in [5.41, 5.74) is 0.699. The predicted molar refractivity (Wildman–Crippen MR) is 68.2 cm³/mol. The fourth-order valence-corrected chi connectivity index (χ4v) is 1.80. The summed E-state index contributed by atoms with van der Waals surface area (Å²) in [5, 5.41) is 11.7. The summed E-state index contributed by atoms with van der Waals surface area (Å²) in [7, 11) is 0. The van der Waals surface area contributed by atoms with Crippen molar-refractivity contribution < 1.29 is 14.7 Å². The summed E-state index contributed by atoms with van der Waals surface area (Å²) in [4.78, 5) is 22.4. The van der Waals surface area contributed by atoms with Crippen LogP contribution in [0.1, 0.15) is 11.5 Å². The number of carboxylic acid groups (broad SMARTS) is 1. The van der Waals surface area contributed by atoms with Gasteiger partial charge in [-0.2, -0.15) is 11.8 Å². The fraction of sp³-hybridized carbons (Fsp3) is 0.333. The average molecular weight is 253 g/mol. The Morgan fingerprint density at radius 2 is 2.00 bits per heavy atom. The second-order valence-corrected chi connectivity index (χ2v) is 4.40. The Balaban J connectivity index is 2.62. The van der Waals surface area contributed by atoms with E-state index >= 15 is 0 Å². The van der Waals surface area contributed by atoms with Gasteiger partial charge in [0.15, 0.2) is 0 Å². The second-order valence-electron chi connectivity index (χ2n) is 3.54. The number of aliphatic carboxylic acids is 1. The molecule has 0 bridgehead atoms. The average Bonchev–Trinajstić information content (AvgIpc) is 2.30. The molecular weight excluding hydrogens is 238 g/mol. The minimum absolute atomic E-state index is 0.124. The lowest BCUT2D eigenvalue weighted by Gasteiger charge is -2.13. The highest BCUT2D eigenvalue weighted by atomic mass is 32.2. The molecule has 0 fully saturated rings. The van der Waals surface area contributed by atoms with E-state index in [9.17, 15) is 9.59 Å². The zero-order valence-electron chi connectivity index (χ0n) is 9.55. The maximum atomic E-state index is 11.3. The summed E-state index contributed by atoms with van der Waals surface area (Å²) in [6, 6.07) is 8.90. The van der Waals surface area contributed by atoms with Crippen LogP contribution in [0.5, 0.6) is 0 Å². The lowest BCUT2D eigenvalue weighted by molar-refractivity contribution is -0.138. The van der Waals surface area contributed by atoms with Crippen molar-refractivity contribution in [2.75, 3.05) is 18.6 Å². The molecule has 0 aromatic heterocycles. The van der Waals surface area contributed by atoms with Crippen LogP contribution in [0.25, 0.3) is 0 Å². The molecular formula is C12H15NO3S. The number of thioether (sulfide) groups is 1. The van der Waals surface area contributed by atoms with E-state index in [-0.39, 0.29) is 12.5 Å². The van der Waals surface area contributed by atoms with Gasteiger partial charge in [0.25, 0.3) is 0 Å². The first-order valence-corrected chi connectivity index (χ1v) is 6.58. The number of carboxylic acids is 1. The van der Waals surface area contributed by atoms with Gasteiger partial charge in [0.1, 0.15) is 0 Å². The molecule has 1 aromatic rings. The van der Waals surface area contributed by atoms with Crippen molar-refractivity contribution in [1.82, 2.24) is 5.32 Å². The third-order valence-electron chi connectivity index (χ3n) is 2.28. The van der Waals surface area contributed by atoms with Gasteiger partial charge in [0, 0.05) is 6.54 Å². The Kier molecular flexibility index (Phi) is 5.56. The van der Waals surface area contributed by atoms with E-state index in [0.29, 0.717) is 11.3 Å². The summed E-state index contributed by atoms with van der Waals surface area (Å²) in [5.74, 6) is -1.41. The molecule has 0 heterocycles. The molecule has 0 saturated carbocycles. The highest BCUT2D eigenvalue weighted by Crippen LogP contribution is 2.14. The molecule has 17 heavy (non-hydrogen) atoms. The third-order valence-corrected chi connectivity index (χ3v) is 2.83. The van der Waals surface area contributed by atoms with Crippen LogP contribution in [0.3, 0.4) is 0 Å². The highest BCUT2D eigenvalue weighted by Gasteiger charge is 2.19. The van der Waals surface area contributed by atoms with Crippen molar-refractivity contribution in [2.45, 2.75) is 5.92 Å². The molecule has 1 rings (SSSR count). The number of nitrogens with one attached hydrogen (secondary N) is 1. The van der Waals surface area contributed by atoms with Gasteiger partial charge in [0.05, 0.1) is 11.7 Å². The molecule has 0 saturated heterocycles. The van der Waals surface area contributed by atoms with Crippen LogP contribution in [-0.2, 0) is 9.59 Å². The molecule has 0 spiro atoms. The van der Waals surface area contributed by atoms with Crippen molar-refractivity contribution in [2.24, 2.45) is 0 Å². The van der Waals surface area contributed by atoms with E-state index in [1.807, 2.05) is 12.3 Å². The maximum Gasteiger partial charge on any atom is 0.312 e. The predicted octanol–water partition coefficient (Wildman–Crippen LogP) is 1.33. The van der Waals surface area contributed by atoms with Crippen LogP contribution >= 0.6 is 11.8 Å². The highest BCUT2D eigenvalue weighted by molar-refractivity contribution is 7.99. The first-order valence-electron chi connectivity index (χ1n) is 5.18. The molecule has 92 valence electrons. The van der Waals surface area contributed by atoms with Crippen molar-refractivity contribution in [3.63, 3.8) is 0 Å². The van der Waals surface area contributed by atoms with Crippen molar-refractivity contribution in [3.05, 3.63) is 35.9 Å². The lowest BCUT2D eigenvalue weighted by Crippen LogP contribution is -2.32. The lowest BCUT2D eigenvalue weighted by atomic mass is 9.99. The number of benzene rings is 1. The van der Waals surface area contributed by atoms with Crippen molar-refractivity contribution >= 4 is 23.6 Å². The first kappa shape index (κ1) is 13.6. The Labute approximate surface area is 104 Å². The smallest absolute Gasteiger partial charge is 0.312 e. The topological polar surface area (TPSA) is 66.4 Å². The van der Waals surface area contributed by atoms with Gasteiger partial charge in [-0.1, -0.05) is 30.3 Å².